The Bertz CT molecular complexity index is 604. The monoisotopic (exact) mass is 385 g/mol. The van der Waals surface area contributed by atoms with E-state index in [1.54, 1.807) is 13.1 Å². The minimum atomic E-state index is 0. The first kappa shape index (κ1) is 16.6. The number of hydrogen-bond donors (Lipinski definition) is 2. The van der Waals surface area contributed by atoms with E-state index >= 15 is 0 Å². The van der Waals surface area contributed by atoms with Crippen LogP contribution in [0.3, 0.4) is 0 Å². The fourth-order valence-electron chi connectivity index (χ4n) is 1.95. The molecule has 2 rings (SSSR count). The summed E-state index contributed by atoms with van der Waals surface area (Å²) in [6.45, 7) is 7.02. The van der Waals surface area contributed by atoms with Gasteiger partial charge in [0.15, 0.2) is 5.96 Å². The van der Waals surface area contributed by atoms with E-state index in [4.69, 9.17) is 4.42 Å². The number of rotatable bonds is 4. The van der Waals surface area contributed by atoms with Crippen molar-refractivity contribution in [2.24, 2.45) is 4.99 Å². The van der Waals surface area contributed by atoms with Gasteiger partial charge in [0.25, 0.3) is 0 Å². The number of aliphatic imine (C=N–C) groups is 1. The van der Waals surface area contributed by atoms with E-state index in [1.165, 1.54) is 5.56 Å². The number of nitrogens with zero attached hydrogens (tertiary/aromatic N) is 1. The van der Waals surface area contributed by atoms with Gasteiger partial charge in [-0.25, -0.2) is 0 Å². The lowest BCUT2D eigenvalue weighted by atomic mass is 10.1. The average molecular weight is 385 g/mol. The van der Waals surface area contributed by atoms with Crippen molar-refractivity contribution in [2.75, 3.05) is 13.6 Å². The average Bonchev–Trinajstić information content (AvgIpc) is 2.76. The van der Waals surface area contributed by atoms with Gasteiger partial charge in [0.1, 0.15) is 11.3 Å². The third-order valence-electron chi connectivity index (χ3n) is 3.00. The van der Waals surface area contributed by atoms with Gasteiger partial charge in [-0.3, -0.25) is 4.99 Å². The van der Waals surface area contributed by atoms with Gasteiger partial charge >= 0.3 is 0 Å². The van der Waals surface area contributed by atoms with Gasteiger partial charge in [0.05, 0.1) is 6.54 Å². The quantitative estimate of drug-likeness (QED) is 0.368. The van der Waals surface area contributed by atoms with Crippen molar-refractivity contribution in [3.05, 3.63) is 48.2 Å². The summed E-state index contributed by atoms with van der Waals surface area (Å²) < 4.78 is 5.83. The number of fused-ring (bicyclic) bond motifs is 1. The summed E-state index contributed by atoms with van der Waals surface area (Å²) >= 11 is 0. The Morgan fingerprint density at radius 3 is 2.75 bits per heavy atom. The van der Waals surface area contributed by atoms with E-state index in [9.17, 15) is 0 Å². The summed E-state index contributed by atoms with van der Waals surface area (Å²) in [5.74, 6) is 1.67. The van der Waals surface area contributed by atoms with E-state index in [0.29, 0.717) is 13.1 Å². The Kier molecular flexibility index (Phi) is 6.57. The number of hydrogen-bond acceptors (Lipinski definition) is 2. The Morgan fingerprint density at radius 1 is 1.35 bits per heavy atom. The molecule has 0 amide bonds. The Labute approximate surface area is 136 Å². The molecule has 1 aromatic heterocycles. The highest BCUT2D eigenvalue weighted by Gasteiger charge is 2.09. The van der Waals surface area contributed by atoms with Gasteiger partial charge in [0.2, 0.25) is 0 Å². The van der Waals surface area contributed by atoms with Crippen LogP contribution in [0, 0.1) is 6.92 Å². The zero-order chi connectivity index (χ0) is 13.7. The first-order valence-electron chi connectivity index (χ1n) is 6.28. The van der Waals surface area contributed by atoms with Crippen molar-refractivity contribution >= 4 is 40.9 Å². The lowest BCUT2D eigenvalue weighted by Crippen LogP contribution is -2.36. The molecule has 0 radical (unpaired) electrons. The maximum absolute atomic E-state index is 5.83. The Balaban J connectivity index is 0.00000200. The number of benzene rings is 1. The van der Waals surface area contributed by atoms with Crippen LogP contribution in [-0.2, 0) is 6.54 Å². The highest BCUT2D eigenvalue weighted by Crippen LogP contribution is 2.24. The van der Waals surface area contributed by atoms with Crippen LogP contribution >= 0.6 is 24.0 Å². The second-order valence-electron chi connectivity index (χ2n) is 4.24. The topological polar surface area (TPSA) is 49.6 Å². The second-order valence-corrected chi connectivity index (χ2v) is 4.24. The maximum Gasteiger partial charge on any atom is 0.191 e. The van der Waals surface area contributed by atoms with Gasteiger partial charge in [-0.05, 0) is 13.0 Å². The van der Waals surface area contributed by atoms with Crippen LogP contribution in [0.15, 0.2) is 46.3 Å². The number of aryl methyl sites for hydroxylation is 1. The van der Waals surface area contributed by atoms with Crippen molar-refractivity contribution in [3.63, 3.8) is 0 Å². The number of nitrogens with one attached hydrogen (secondary N) is 2. The lowest BCUT2D eigenvalue weighted by molar-refractivity contribution is 0.535. The van der Waals surface area contributed by atoms with Crippen LogP contribution in [0.1, 0.15) is 11.3 Å². The molecule has 5 heteroatoms. The first-order chi connectivity index (χ1) is 9.26. The Morgan fingerprint density at radius 2 is 2.10 bits per heavy atom. The van der Waals surface area contributed by atoms with Gasteiger partial charge in [-0.2, -0.15) is 0 Å². The molecule has 2 aromatic rings. The van der Waals surface area contributed by atoms with E-state index in [0.717, 1.165) is 22.7 Å². The molecule has 108 valence electrons. The van der Waals surface area contributed by atoms with Crippen LogP contribution in [-0.4, -0.2) is 19.6 Å². The van der Waals surface area contributed by atoms with E-state index in [2.05, 4.69) is 35.2 Å². The first-order valence-corrected chi connectivity index (χ1v) is 6.28. The third-order valence-corrected chi connectivity index (χ3v) is 3.00. The third kappa shape index (κ3) is 3.75. The fraction of sp³-hybridized carbons (Fsp3) is 0.267. The van der Waals surface area contributed by atoms with Crippen molar-refractivity contribution in [1.29, 1.82) is 0 Å². The molecule has 2 N–H and O–H groups in total. The van der Waals surface area contributed by atoms with Gasteiger partial charge in [-0.1, -0.05) is 24.3 Å². The largest absolute Gasteiger partial charge is 0.459 e. The zero-order valence-corrected chi connectivity index (χ0v) is 14.1. The molecule has 20 heavy (non-hydrogen) atoms. The molecule has 0 saturated heterocycles. The van der Waals surface area contributed by atoms with E-state index in [1.807, 2.05) is 18.2 Å². The summed E-state index contributed by atoms with van der Waals surface area (Å²) in [5.41, 5.74) is 2.09. The molecule has 0 aliphatic heterocycles. The normalized spacial score (nSPS) is 11.0. The zero-order valence-electron chi connectivity index (χ0n) is 11.8. The maximum atomic E-state index is 5.83. The Hall–Kier alpha value is -1.50. The summed E-state index contributed by atoms with van der Waals surface area (Å²) in [6, 6.07) is 8.05. The minimum Gasteiger partial charge on any atom is -0.459 e. The highest BCUT2D eigenvalue weighted by molar-refractivity contribution is 14.0. The molecular formula is C15H20IN3O. The molecule has 0 unspecified atom stereocenters. The second kappa shape index (κ2) is 7.94. The van der Waals surface area contributed by atoms with Crippen LogP contribution < -0.4 is 10.6 Å². The predicted molar refractivity (Wildman–Crippen MR) is 94.8 cm³/mol. The summed E-state index contributed by atoms with van der Waals surface area (Å²) in [7, 11) is 1.74. The molecule has 1 heterocycles. The molecule has 0 fully saturated rings. The number of halogens is 1. The van der Waals surface area contributed by atoms with Gasteiger partial charge in [0, 0.05) is 24.5 Å². The highest BCUT2D eigenvalue weighted by atomic mass is 127. The summed E-state index contributed by atoms with van der Waals surface area (Å²) in [5, 5.41) is 7.50. The van der Waals surface area contributed by atoms with Crippen molar-refractivity contribution in [3.8, 4) is 0 Å². The van der Waals surface area contributed by atoms with Crippen LogP contribution in [0.4, 0.5) is 0 Å². The van der Waals surface area contributed by atoms with E-state index < -0.39 is 0 Å². The molecule has 0 aliphatic carbocycles. The van der Waals surface area contributed by atoms with Crippen LogP contribution in [0.5, 0.6) is 0 Å². The lowest BCUT2D eigenvalue weighted by Gasteiger charge is -2.09. The molecule has 0 aliphatic rings. The molecule has 0 spiro atoms. The number of para-hydroxylation sites is 1. The summed E-state index contributed by atoms with van der Waals surface area (Å²) in [4.78, 5) is 4.13. The molecular weight excluding hydrogens is 365 g/mol. The van der Waals surface area contributed by atoms with Crippen molar-refractivity contribution in [1.82, 2.24) is 10.6 Å². The fourth-order valence-corrected chi connectivity index (χ4v) is 1.95. The van der Waals surface area contributed by atoms with Crippen molar-refractivity contribution < 1.29 is 4.42 Å². The number of furan rings is 1. The molecule has 4 nitrogen and oxygen atoms in total. The van der Waals surface area contributed by atoms with Gasteiger partial charge < -0.3 is 15.1 Å². The van der Waals surface area contributed by atoms with Crippen molar-refractivity contribution in [2.45, 2.75) is 13.5 Å². The van der Waals surface area contributed by atoms with E-state index in [-0.39, 0.29) is 24.0 Å². The van der Waals surface area contributed by atoms with Crippen LogP contribution in [0.2, 0.25) is 0 Å². The van der Waals surface area contributed by atoms with Gasteiger partial charge in [-0.15, -0.1) is 30.6 Å². The SMILES string of the molecule is C=CCNC(=NC)NCc1oc2ccccc2c1C.I. The minimum absolute atomic E-state index is 0. The summed E-state index contributed by atoms with van der Waals surface area (Å²) in [6.07, 6.45) is 1.79. The predicted octanol–water partition coefficient (Wildman–Crippen LogP) is 3.21. The van der Waals surface area contributed by atoms with Crippen LogP contribution in [0.25, 0.3) is 11.0 Å². The molecule has 0 bridgehead atoms. The molecule has 1 aromatic carbocycles. The smallest absolute Gasteiger partial charge is 0.191 e. The number of guanidine groups is 1. The molecule has 0 saturated carbocycles. The molecule has 0 atom stereocenters. The standard InChI is InChI=1S/C15H19N3O.HI/c1-4-9-17-15(16-3)18-10-14-11(2)12-7-5-6-8-13(12)19-14;/h4-8H,1,9-10H2,2-3H3,(H2,16,17,18);1H.